The average Bonchev–Trinajstić information content (AvgIpc) is 1.70. The van der Waals surface area contributed by atoms with Crippen LogP contribution >= 0.6 is 92.8 Å². The number of aryl methyl sites for hydroxylation is 2. The van der Waals surface area contributed by atoms with Crippen molar-refractivity contribution in [2.75, 3.05) is 10.6 Å². The quantitative estimate of drug-likeness (QED) is 0.0594. The molecule has 8 aromatic carbocycles. The molecule has 0 radical (unpaired) electrons. The van der Waals surface area contributed by atoms with Gasteiger partial charge in [0.15, 0.2) is 0 Å². The van der Waals surface area contributed by atoms with Crippen LogP contribution < -0.4 is 20.1 Å². The zero-order valence-corrected chi connectivity index (χ0v) is 57.2. The molecule has 0 fully saturated rings. The van der Waals surface area contributed by atoms with Gasteiger partial charge in [-0.3, -0.25) is 14.4 Å². The summed E-state index contributed by atoms with van der Waals surface area (Å²) in [5.74, 6) is -1.99. The van der Waals surface area contributed by atoms with Gasteiger partial charge in [-0.15, -0.1) is 0 Å². The van der Waals surface area contributed by atoms with E-state index < -0.39 is 41.1 Å². The first-order chi connectivity index (χ1) is 45.2. The van der Waals surface area contributed by atoms with Gasteiger partial charge in [-0.25, -0.2) is 14.4 Å². The zero-order valence-electron chi connectivity index (χ0n) is 51.2. The third-order valence-electron chi connectivity index (χ3n) is 12.4. The predicted molar refractivity (Wildman–Crippen MR) is 375 cm³/mol. The molecule has 0 aliphatic rings. The second-order valence-electron chi connectivity index (χ2n) is 20.9. The summed E-state index contributed by atoms with van der Waals surface area (Å²) in [6.07, 6.45) is 2.50. The summed E-state index contributed by atoms with van der Waals surface area (Å²) in [7, 11) is 0. The van der Waals surface area contributed by atoms with Gasteiger partial charge in [0.05, 0.1) is 69.6 Å². The maximum absolute atomic E-state index is 12.4. The predicted octanol–water partition coefficient (Wildman–Crippen LogP) is 19.7. The van der Waals surface area contributed by atoms with E-state index in [2.05, 4.69) is 20.8 Å². The number of aromatic nitrogens is 4. The number of nitrogens with zero attached hydrogens (tertiary/aromatic N) is 4. The van der Waals surface area contributed by atoms with Gasteiger partial charge in [0, 0.05) is 52.2 Å². The van der Waals surface area contributed by atoms with Crippen LogP contribution in [0.2, 0.25) is 40.2 Å². The minimum atomic E-state index is -0.545. The van der Waals surface area contributed by atoms with Crippen molar-refractivity contribution >= 4 is 146 Å². The lowest BCUT2D eigenvalue weighted by Gasteiger charge is -2.21. The van der Waals surface area contributed by atoms with Gasteiger partial charge in [0.2, 0.25) is 11.8 Å². The molecule has 10 rings (SSSR count). The van der Waals surface area contributed by atoms with Crippen LogP contribution in [0.15, 0.2) is 224 Å². The molecule has 95 heavy (non-hydrogen) atoms. The van der Waals surface area contributed by atoms with Crippen molar-refractivity contribution in [2.24, 2.45) is 5.41 Å². The molecule has 16 nitrogen and oxygen atoms in total. The Labute approximate surface area is 587 Å². The number of anilines is 2. The van der Waals surface area contributed by atoms with E-state index in [0.717, 1.165) is 0 Å². The first kappa shape index (κ1) is 73.2. The SMILES string of the molecule is CC(=O)O/C(=C\C(=O)Nc1ccccc1Cl)C(C)(C)C.Cc1cc(OC(=O)c2ccccc2)n(-c2c(Cl)cc(Cl)cc2Cl)n1.Cc1cc(OC(=O)c2ccccc2)n(-c2c(Cl)cc(Cl)cc2Cl)n1.O=C(/C=C(\OC(=O)c1ccccc1)c1ccccc1)Nc1ccccc1Cl. The van der Waals surface area contributed by atoms with Crippen LogP contribution in [0.4, 0.5) is 11.4 Å². The second-order valence-corrected chi connectivity index (χ2v) is 24.3. The van der Waals surface area contributed by atoms with E-state index in [4.69, 9.17) is 112 Å². The molecule has 2 heterocycles. The summed E-state index contributed by atoms with van der Waals surface area (Å²) in [6, 6.07) is 58.1. The highest BCUT2D eigenvalue weighted by atomic mass is 35.5. The molecular formula is C71H56Cl8N6O10. The van der Waals surface area contributed by atoms with Crippen LogP contribution in [-0.2, 0) is 23.9 Å². The Morgan fingerprint density at radius 2 is 0.737 bits per heavy atom. The van der Waals surface area contributed by atoms with Gasteiger partial charge in [0.1, 0.15) is 22.9 Å². The third-order valence-corrected chi connectivity index (χ3v) is 14.7. The molecular weight excluding hydrogens is 1380 g/mol. The molecule has 24 heteroatoms. The standard InChI is InChI=1S/C22H16ClNO3.2C17H11Cl3N2O2.C15H18ClNO3/c23-18-13-7-8-14-19(18)24-21(25)15-20(16-9-3-1-4-10-16)27-22(26)17-11-5-2-6-12-17;2*1-10-7-15(24-17(23)11-5-3-2-4-6-11)22(21-10)16-13(19)8-12(18)9-14(16)20;1-10(18)20-13(15(2,3)4)9-14(19)17-12-8-6-5-7-11(12)16/h1-15H,(H,24,25);2*2-9H,1H3;5-9H,1-4H3,(H,17,19)/b20-15-;;;13-9-. The fourth-order valence-electron chi connectivity index (χ4n) is 8.11. The number of hydrogen-bond donors (Lipinski definition) is 2. The van der Waals surface area contributed by atoms with E-state index in [0.29, 0.717) is 102 Å². The topological polar surface area (TPSA) is 199 Å². The number of allylic oxidation sites excluding steroid dienone is 1. The highest BCUT2D eigenvalue weighted by Crippen LogP contribution is 2.37. The molecule has 2 N–H and O–H groups in total. The minimum absolute atomic E-state index is 0.147. The van der Waals surface area contributed by atoms with Crippen molar-refractivity contribution in [1.29, 1.82) is 0 Å². The lowest BCUT2D eigenvalue weighted by molar-refractivity contribution is -0.138. The normalized spacial score (nSPS) is 11.0. The average molecular weight is 1440 g/mol. The largest absolute Gasteiger partial charge is 0.430 e. The maximum Gasteiger partial charge on any atom is 0.344 e. The Balaban J connectivity index is 0.000000180. The van der Waals surface area contributed by atoms with E-state index in [1.165, 1.54) is 28.4 Å². The van der Waals surface area contributed by atoms with E-state index in [1.54, 1.807) is 196 Å². The summed E-state index contributed by atoms with van der Waals surface area (Å²) in [5, 5.41) is 16.8. The second kappa shape index (κ2) is 34.8. The number of nitrogens with one attached hydrogen (secondary N) is 2. The molecule has 486 valence electrons. The van der Waals surface area contributed by atoms with Crippen LogP contribution in [0.3, 0.4) is 0 Å². The van der Waals surface area contributed by atoms with Crippen molar-refractivity contribution in [3.05, 3.63) is 298 Å². The molecule has 0 saturated carbocycles. The van der Waals surface area contributed by atoms with Crippen LogP contribution in [0.5, 0.6) is 11.8 Å². The Bertz CT molecular complexity index is 4250. The molecule has 0 spiro atoms. The van der Waals surface area contributed by atoms with Gasteiger partial charge < -0.3 is 29.6 Å². The number of amides is 2. The fraction of sp³-hybridized carbons (Fsp3) is 0.0986. The van der Waals surface area contributed by atoms with Crippen molar-refractivity contribution < 1.29 is 47.7 Å². The van der Waals surface area contributed by atoms with Crippen LogP contribution in [0, 0.1) is 19.3 Å². The number of carbonyl (C=O) groups is 6. The lowest BCUT2D eigenvalue weighted by Crippen LogP contribution is -2.19. The molecule has 0 saturated heterocycles. The van der Waals surface area contributed by atoms with Gasteiger partial charge >= 0.3 is 23.9 Å². The van der Waals surface area contributed by atoms with Gasteiger partial charge in [-0.1, -0.05) is 223 Å². The Morgan fingerprint density at radius 3 is 1.08 bits per heavy atom. The molecule has 0 atom stereocenters. The van der Waals surface area contributed by atoms with Crippen LogP contribution in [0.1, 0.15) is 75.7 Å². The molecule has 0 unspecified atom stereocenters. The monoisotopic (exact) mass is 1430 g/mol. The minimum Gasteiger partial charge on any atom is -0.430 e. The molecule has 2 amide bonds. The summed E-state index contributed by atoms with van der Waals surface area (Å²) < 4.78 is 24.3. The highest BCUT2D eigenvalue weighted by Gasteiger charge is 2.24. The van der Waals surface area contributed by atoms with Crippen molar-refractivity contribution in [3.63, 3.8) is 0 Å². The molecule has 0 bridgehead atoms. The number of halogens is 8. The number of carbonyl (C=O) groups excluding carboxylic acids is 6. The van der Waals surface area contributed by atoms with E-state index >= 15 is 0 Å². The van der Waals surface area contributed by atoms with Gasteiger partial charge in [0.25, 0.3) is 11.8 Å². The van der Waals surface area contributed by atoms with Crippen LogP contribution in [0.25, 0.3) is 17.1 Å². The number of ether oxygens (including phenoxy) is 4. The Morgan fingerprint density at radius 1 is 0.411 bits per heavy atom. The smallest absolute Gasteiger partial charge is 0.344 e. The number of esters is 4. The van der Waals surface area contributed by atoms with E-state index in [9.17, 15) is 28.8 Å². The maximum atomic E-state index is 12.4. The molecule has 10 aromatic rings. The number of benzene rings is 8. The fourth-order valence-corrected chi connectivity index (χ4v) is 10.4. The third kappa shape index (κ3) is 21.9. The zero-order chi connectivity index (χ0) is 68.9. The lowest BCUT2D eigenvalue weighted by atomic mass is 9.93. The first-order valence-corrected chi connectivity index (χ1v) is 31.3. The summed E-state index contributed by atoms with van der Waals surface area (Å²) >= 11 is 48.8. The number of rotatable bonds is 14. The molecule has 0 aliphatic heterocycles. The Kier molecular flexibility index (Phi) is 26.8. The number of hydrogen-bond acceptors (Lipinski definition) is 12. The molecule has 2 aromatic heterocycles. The Hall–Kier alpha value is -9.20. The summed E-state index contributed by atoms with van der Waals surface area (Å²) in [5.41, 5.74) is 4.46. The highest BCUT2D eigenvalue weighted by molar-refractivity contribution is 6.41. The van der Waals surface area contributed by atoms with Crippen LogP contribution in [-0.4, -0.2) is 55.3 Å². The van der Waals surface area contributed by atoms with Gasteiger partial charge in [-0.2, -0.15) is 19.6 Å². The van der Waals surface area contributed by atoms with Gasteiger partial charge in [-0.05, 0) is 98.8 Å². The van der Waals surface area contributed by atoms with E-state index in [1.807, 2.05) is 45.0 Å². The summed E-state index contributed by atoms with van der Waals surface area (Å²) in [6.45, 7) is 10.4. The number of para-hydroxylation sites is 2. The molecule has 0 aliphatic carbocycles. The first-order valence-electron chi connectivity index (χ1n) is 28.3. The van der Waals surface area contributed by atoms with E-state index in [-0.39, 0.29) is 17.5 Å². The summed E-state index contributed by atoms with van der Waals surface area (Å²) in [4.78, 5) is 72.4. The van der Waals surface area contributed by atoms with Crippen molar-refractivity contribution in [1.82, 2.24) is 19.6 Å². The van der Waals surface area contributed by atoms with Crippen molar-refractivity contribution in [3.8, 4) is 23.1 Å². The van der Waals surface area contributed by atoms with Crippen molar-refractivity contribution in [2.45, 2.75) is 41.5 Å².